The average molecular weight is 359 g/mol. The van der Waals surface area contributed by atoms with E-state index in [4.69, 9.17) is 0 Å². The number of carbonyl (C=O) groups excluding carboxylic acids is 3. The smallest absolute Gasteiger partial charge is 0.313 e. The lowest BCUT2D eigenvalue weighted by atomic mass is 10.1. The van der Waals surface area contributed by atoms with Crippen LogP contribution in [-0.4, -0.2) is 30.8 Å². The average Bonchev–Trinajstić information content (AvgIpc) is 2.65. The highest BCUT2D eigenvalue weighted by Gasteiger charge is 2.17. The maximum absolute atomic E-state index is 12.1. The highest BCUT2D eigenvalue weighted by Crippen LogP contribution is 2.14. The highest BCUT2D eigenvalue weighted by molar-refractivity contribution is 6.40. The molecule has 0 radical (unpaired) electrons. The molecule has 3 N–H and O–H groups in total. The SMILES string of the molecule is C=CCNC(=O)c1ccccc1NC(=O)C(=O)NCCCCCCCC. The number of nitrogens with one attached hydrogen (secondary N) is 3. The van der Waals surface area contributed by atoms with Gasteiger partial charge in [-0.25, -0.2) is 0 Å². The normalized spacial score (nSPS) is 10.0. The Kier molecular flexibility index (Phi) is 10.5. The van der Waals surface area contributed by atoms with Gasteiger partial charge in [-0.05, 0) is 18.6 Å². The van der Waals surface area contributed by atoms with Crippen LogP contribution in [0.3, 0.4) is 0 Å². The van der Waals surface area contributed by atoms with E-state index in [1.165, 1.54) is 19.3 Å². The van der Waals surface area contributed by atoms with Crippen molar-refractivity contribution >= 4 is 23.4 Å². The van der Waals surface area contributed by atoms with Gasteiger partial charge in [0.2, 0.25) is 0 Å². The van der Waals surface area contributed by atoms with Gasteiger partial charge < -0.3 is 16.0 Å². The number of anilines is 1. The Labute approximate surface area is 155 Å². The molecular weight excluding hydrogens is 330 g/mol. The Balaban J connectivity index is 2.45. The summed E-state index contributed by atoms with van der Waals surface area (Å²) < 4.78 is 0. The Morgan fingerprint density at radius 1 is 0.962 bits per heavy atom. The summed E-state index contributed by atoms with van der Waals surface area (Å²) in [5.74, 6) is -1.81. The molecule has 142 valence electrons. The molecule has 6 nitrogen and oxygen atoms in total. The van der Waals surface area contributed by atoms with Gasteiger partial charge in [-0.1, -0.05) is 57.2 Å². The third kappa shape index (κ3) is 7.96. The topological polar surface area (TPSA) is 87.3 Å². The third-order valence-electron chi connectivity index (χ3n) is 3.85. The largest absolute Gasteiger partial charge is 0.349 e. The zero-order chi connectivity index (χ0) is 19.2. The van der Waals surface area contributed by atoms with Crippen LogP contribution in [0, 0.1) is 0 Å². The molecule has 0 atom stereocenters. The molecule has 0 aromatic heterocycles. The van der Waals surface area contributed by atoms with Crippen molar-refractivity contribution in [1.29, 1.82) is 0 Å². The highest BCUT2D eigenvalue weighted by atomic mass is 16.2. The fourth-order valence-corrected chi connectivity index (χ4v) is 2.42. The molecule has 0 bridgehead atoms. The molecule has 1 aromatic rings. The monoisotopic (exact) mass is 359 g/mol. The standard InChI is InChI=1S/C20H29N3O3/c1-3-5-6-7-8-11-15-22-19(25)20(26)23-17-13-10-9-12-16(17)18(24)21-14-4-2/h4,9-10,12-13H,2-3,5-8,11,14-15H2,1H3,(H,21,24)(H,22,25)(H,23,26). The van der Waals surface area contributed by atoms with E-state index in [2.05, 4.69) is 29.5 Å². The van der Waals surface area contributed by atoms with Crippen LogP contribution < -0.4 is 16.0 Å². The van der Waals surface area contributed by atoms with E-state index in [1.54, 1.807) is 30.3 Å². The van der Waals surface area contributed by atoms with Gasteiger partial charge in [0, 0.05) is 13.1 Å². The fraction of sp³-hybridized carbons (Fsp3) is 0.450. The van der Waals surface area contributed by atoms with Crippen LogP contribution in [0.25, 0.3) is 0 Å². The van der Waals surface area contributed by atoms with Crippen molar-refractivity contribution in [2.24, 2.45) is 0 Å². The van der Waals surface area contributed by atoms with Crippen molar-refractivity contribution in [3.8, 4) is 0 Å². The summed E-state index contributed by atoms with van der Waals surface area (Å²) in [4.78, 5) is 36.0. The number of carbonyl (C=O) groups is 3. The maximum atomic E-state index is 12.1. The van der Waals surface area contributed by atoms with Crippen LogP contribution in [0.5, 0.6) is 0 Å². The minimum atomic E-state index is -0.778. The second kappa shape index (κ2) is 12.7. The van der Waals surface area contributed by atoms with Crippen LogP contribution in [0.15, 0.2) is 36.9 Å². The summed E-state index contributed by atoms with van der Waals surface area (Å²) in [5, 5.41) is 7.76. The van der Waals surface area contributed by atoms with Crippen LogP contribution in [0.4, 0.5) is 5.69 Å². The number of amides is 3. The van der Waals surface area contributed by atoms with Gasteiger partial charge in [0.15, 0.2) is 0 Å². The van der Waals surface area contributed by atoms with Crippen LogP contribution in [0.2, 0.25) is 0 Å². The van der Waals surface area contributed by atoms with Gasteiger partial charge in [0.05, 0.1) is 11.3 Å². The second-order valence-electron chi connectivity index (χ2n) is 6.02. The van der Waals surface area contributed by atoms with Crippen LogP contribution in [-0.2, 0) is 9.59 Å². The van der Waals surface area contributed by atoms with Gasteiger partial charge in [0.1, 0.15) is 0 Å². The summed E-state index contributed by atoms with van der Waals surface area (Å²) in [7, 11) is 0. The Morgan fingerprint density at radius 2 is 1.65 bits per heavy atom. The van der Waals surface area contributed by atoms with Gasteiger partial charge in [0.25, 0.3) is 5.91 Å². The van der Waals surface area contributed by atoms with Crippen molar-refractivity contribution in [3.05, 3.63) is 42.5 Å². The first-order valence-electron chi connectivity index (χ1n) is 9.17. The van der Waals surface area contributed by atoms with Crippen molar-refractivity contribution in [2.75, 3.05) is 18.4 Å². The Hall–Kier alpha value is -2.63. The Morgan fingerprint density at radius 3 is 2.38 bits per heavy atom. The molecular formula is C20H29N3O3. The summed E-state index contributed by atoms with van der Waals surface area (Å²) in [6.45, 7) is 6.50. The molecule has 26 heavy (non-hydrogen) atoms. The zero-order valence-corrected chi connectivity index (χ0v) is 15.5. The lowest BCUT2D eigenvalue weighted by molar-refractivity contribution is -0.136. The van der Waals surface area contributed by atoms with Crippen molar-refractivity contribution < 1.29 is 14.4 Å². The van der Waals surface area contributed by atoms with Crippen LogP contribution in [0.1, 0.15) is 55.8 Å². The summed E-state index contributed by atoms with van der Waals surface area (Å²) in [5.41, 5.74) is 0.597. The number of hydrogen-bond donors (Lipinski definition) is 3. The van der Waals surface area contributed by atoms with E-state index in [0.717, 1.165) is 19.3 Å². The van der Waals surface area contributed by atoms with Crippen LogP contribution >= 0.6 is 0 Å². The quantitative estimate of drug-likeness (QED) is 0.322. The number of unbranched alkanes of at least 4 members (excludes halogenated alkanes) is 5. The first-order valence-corrected chi connectivity index (χ1v) is 9.17. The van der Waals surface area contributed by atoms with Crippen molar-refractivity contribution in [3.63, 3.8) is 0 Å². The molecule has 0 heterocycles. The molecule has 0 fully saturated rings. The van der Waals surface area contributed by atoms with Crippen molar-refractivity contribution in [2.45, 2.75) is 45.4 Å². The molecule has 1 aromatic carbocycles. The minimum Gasteiger partial charge on any atom is -0.349 e. The van der Waals surface area contributed by atoms with E-state index in [1.807, 2.05) is 0 Å². The van der Waals surface area contributed by atoms with Gasteiger partial charge in [-0.2, -0.15) is 0 Å². The fourth-order valence-electron chi connectivity index (χ4n) is 2.42. The molecule has 6 heteroatoms. The van der Waals surface area contributed by atoms with Gasteiger partial charge in [-0.3, -0.25) is 14.4 Å². The maximum Gasteiger partial charge on any atom is 0.313 e. The van der Waals surface area contributed by atoms with Gasteiger partial charge in [-0.15, -0.1) is 6.58 Å². The van der Waals surface area contributed by atoms with E-state index >= 15 is 0 Å². The molecule has 3 amide bonds. The van der Waals surface area contributed by atoms with Crippen molar-refractivity contribution in [1.82, 2.24) is 10.6 Å². The molecule has 0 aliphatic carbocycles. The van der Waals surface area contributed by atoms with E-state index < -0.39 is 11.8 Å². The van der Waals surface area contributed by atoms with Gasteiger partial charge >= 0.3 is 11.8 Å². The number of hydrogen-bond acceptors (Lipinski definition) is 3. The minimum absolute atomic E-state index is 0.298. The molecule has 0 spiro atoms. The predicted octanol–water partition coefficient (Wildman–Crippen LogP) is 3.02. The predicted molar refractivity (Wildman–Crippen MR) is 104 cm³/mol. The number of benzene rings is 1. The first-order chi connectivity index (χ1) is 12.6. The lowest BCUT2D eigenvalue weighted by Gasteiger charge is -2.11. The second-order valence-corrected chi connectivity index (χ2v) is 6.02. The molecule has 0 saturated carbocycles. The Bertz CT molecular complexity index is 614. The van der Waals surface area contributed by atoms with E-state index in [-0.39, 0.29) is 5.91 Å². The number of para-hydroxylation sites is 1. The number of rotatable bonds is 11. The summed E-state index contributed by atoms with van der Waals surface area (Å²) in [6.07, 6.45) is 8.23. The third-order valence-corrected chi connectivity index (χ3v) is 3.85. The first kappa shape index (κ1) is 21.4. The molecule has 0 unspecified atom stereocenters. The summed E-state index contributed by atoms with van der Waals surface area (Å²) in [6, 6.07) is 6.55. The molecule has 0 aliphatic rings. The van der Waals surface area contributed by atoms with E-state index in [9.17, 15) is 14.4 Å². The molecule has 0 aliphatic heterocycles. The summed E-state index contributed by atoms with van der Waals surface area (Å²) >= 11 is 0. The molecule has 1 rings (SSSR count). The lowest BCUT2D eigenvalue weighted by Crippen LogP contribution is -2.36. The zero-order valence-electron chi connectivity index (χ0n) is 15.5. The van der Waals surface area contributed by atoms with E-state index in [0.29, 0.717) is 24.3 Å². The molecule has 0 saturated heterocycles.